The maximum Gasteiger partial charge on any atom is 0.211 e. The zero-order valence-electron chi connectivity index (χ0n) is 15.2. The fourth-order valence-electron chi connectivity index (χ4n) is 2.83. The second-order valence-electron chi connectivity index (χ2n) is 6.23. The summed E-state index contributed by atoms with van der Waals surface area (Å²) in [5, 5.41) is 10.9. The van der Waals surface area contributed by atoms with Gasteiger partial charge in [0.05, 0.1) is 24.2 Å². The molecule has 0 atom stereocenters. The topological polar surface area (TPSA) is 42.8 Å². The molecule has 0 aliphatic rings. The summed E-state index contributed by atoms with van der Waals surface area (Å²) < 4.78 is 20.7. The lowest BCUT2D eigenvalue weighted by atomic mass is 10.1. The van der Waals surface area contributed by atoms with Gasteiger partial charge in [0.15, 0.2) is 0 Å². The summed E-state index contributed by atoms with van der Waals surface area (Å²) >= 11 is 1.52. The van der Waals surface area contributed by atoms with Gasteiger partial charge in [0.1, 0.15) is 11.6 Å². The van der Waals surface area contributed by atoms with Crippen LogP contribution >= 0.6 is 11.3 Å². The van der Waals surface area contributed by atoms with Crippen molar-refractivity contribution < 1.29 is 8.81 Å². The first kappa shape index (κ1) is 18.1. The summed E-state index contributed by atoms with van der Waals surface area (Å²) in [6.45, 7) is 2.42. The fourth-order valence-corrected chi connectivity index (χ4v) is 3.69. The summed E-state index contributed by atoms with van der Waals surface area (Å²) in [6.07, 6.45) is 1.66. The van der Waals surface area contributed by atoms with E-state index in [0.29, 0.717) is 6.54 Å². The lowest BCUT2D eigenvalue weighted by molar-refractivity contribution is 0.491. The molecule has 2 aromatic carbocycles. The van der Waals surface area contributed by atoms with Crippen LogP contribution in [0.25, 0.3) is 11.3 Å². The zero-order valence-corrected chi connectivity index (χ0v) is 16.1. The van der Waals surface area contributed by atoms with Gasteiger partial charge in [-0.2, -0.15) is 5.10 Å². The molecule has 2 heterocycles. The molecular weight excluding hydrogens is 373 g/mol. The van der Waals surface area contributed by atoms with Gasteiger partial charge in [-0.15, -0.1) is 16.4 Å². The molecule has 4 aromatic rings. The molecule has 4 rings (SSSR count). The molecule has 0 aliphatic carbocycles. The highest BCUT2D eigenvalue weighted by atomic mass is 32.1. The average molecular weight is 391 g/mol. The van der Waals surface area contributed by atoms with E-state index in [4.69, 9.17) is 4.42 Å². The molecule has 4 nitrogen and oxygen atoms in total. The van der Waals surface area contributed by atoms with Crippen molar-refractivity contribution in [3.63, 3.8) is 0 Å². The average Bonchev–Trinajstić information content (AvgIpc) is 3.38. The Morgan fingerprint density at radius 2 is 1.82 bits per heavy atom. The van der Waals surface area contributed by atoms with Crippen LogP contribution in [0, 0.1) is 5.82 Å². The number of nitrogens with zero attached hydrogens (tertiary/aromatic N) is 3. The van der Waals surface area contributed by atoms with Crippen molar-refractivity contribution >= 4 is 17.0 Å². The third kappa shape index (κ3) is 4.02. The summed E-state index contributed by atoms with van der Waals surface area (Å²) in [6, 6.07) is 20.2. The van der Waals surface area contributed by atoms with Crippen molar-refractivity contribution in [3.8, 4) is 11.3 Å². The number of halogens is 1. The number of rotatable bonds is 5. The third-order valence-electron chi connectivity index (χ3n) is 4.31. The summed E-state index contributed by atoms with van der Waals surface area (Å²) in [5.41, 5.74) is 3.71. The number of benzene rings is 2. The Morgan fingerprint density at radius 3 is 2.54 bits per heavy atom. The van der Waals surface area contributed by atoms with Gasteiger partial charge in [0.2, 0.25) is 4.80 Å². The molecule has 0 bridgehead atoms. The van der Waals surface area contributed by atoms with E-state index < -0.39 is 0 Å². The van der Waals surface area contributed by atoms with Crippen LogP contribution in [0.4, 0.5) is 4.39 Å². The largest absolute Gasteiger partial charge is 0.467 e. The number of hydrogen-bond donors (Lipinski definition) is 0. The molecule has 0 N–H and O–H groups in total. The number of hydrogen-bond acceptors (Lipinski definition) is 4. The van der Waals surface area contributed by atoms with Crippen LogP contribution in [-0.4, -0.2) is 10.3 Å². The molecule has 28 heavy (non-hydrogen) atoms. The van der Waals surface area contributed by atoms with Crippen LogP contribution in [0.2, 0.25) is 0 Å². The second kappa shape index (κ2) is 8.19. The Hall–Kier alpha value is -3.25. The predicted octanol–water partition coefficient (Wildman–Crippen LogP) is 5.32. The summed E-state index contributed by atoms with van der Waals surface area (Å²) in [5.74, 6) is 0.576. The Bertz CT molecular complexity index is 1140. The van der Waals surface area contributed by atoms with Crippen molar-refractivity contribution in [3.05, 3.63) is 100 Å². The van der Waals surface area contributed by atoms with Gasteiger partial charge in [-0.1, -0.05) is 42.5 Å². The van der Waals surface area contributed by atoms with Crippen molar-refractivity contribution in [2.45, 2.75) is 13.5 Å². The molecule has 0 fully saturated rings. The maximum atomic E-state index is 13.1. The molecule has 0 aliphatic heterocycles. The van der Waals surface area contributed by atoms with Gasteiger partial charge < -0.3 is 8.98 Å². The van der Waals surface area contributed by atoms with Crippen molar-refractivity contribution in [2.24, 2.45) is 10.2 Å². The minimum absolute atomic E-state index is 0.268. The van der Waals surface area contributed by atoms with Crippen molar-refractivity contribution in [1.82, 2.24) is 4.57 Å². The fraction of sp³-hybridized carbons (Fsp3) is 0.0909. The Balaban J connectivity index is 1.75. The highest BCUT2D eigenvalue weighted by molar-refractivity contribution is 7.07. The normalized spacial score (nSPS) is 12.5. The SMILES string of the molecule is CC(=NN=c1scc(-c2ccccc2)n1Cc1ccco1)c1ccc(F)cc1. The number of furan rings is 1. The smallest absolute Gasteiger partial charge is 0.211 e. The first-order chi connectivity index (χ1) is 13.7. The molecule has 6 heteroatoms. The van der Waals surface area contributed by atoms with Crippen molar-refractivity contribution in [1.29, 1.82) is 0 Å². The molecule has 0 amide bonds. The van der Waals surface area contributed by atoms with Gasteiger partial charge in [-0.05, 0) is 42.3 Å². The van der Waals surface area contributed by atoms with Crippen LogP contribution in [0.3, 0.4) is 0 Å². The quantitative estimate of drug-likeness (QED) is 0.335. The lowest BCUT2D eigenvalue weighted by Crippen LogP contribution is -2.16. The van der Waals surface area contributed by atoms with Crippen LogP contribution in [-0.2, 0) is 6.54 Å². The molecule has 0 saturated carbocycles. The molecule has 2 aromatic heterocycles. The molecule has 0 radical (unpaired) electrons. The summed E-state index contributed by atoms with van der Waals surface area (Å²) in [7, 11) is 0. The summed E-state index contributed by atoms with van der Waals surface area (Å²) in [4.78, 5) is 0.761. The number of aromatic nitrogens is 1. The minimum Gasteiger partial charge on any atom is -0.467 e. The number of thiazole rings is 1. The maximum absolute atomic E-state index is 13.1. The Kier molecular flexibility index (Phi) is 5.30. The van der Waals surface area contributed by atoms with E-state index >= 15 is 0 Å². The highest BCUT2D eigenvalue weighted by Gasteiger charge is 2.10. The second-order valence-corrected chi connectivity index (χ2v) is 7.06. The highest BCUT2D eigenvalue weighted by Crippen LogP contribution is 2.21. The molecule has 0 saturated heterocycles. The van der Waals surface area contributed by atoms with E-state index in [-0.39, 0.29) is 5.82 Å². The van der Waals surface area contributed by atoms with Gasteiger partial charge in [0, 0.05) is 5.38 Å². The first-order valence-corrected chi connectivity index (χ1v) is 9.69. The standard InChI is InChI=1S/C22H18FN3OS/c1-16(17-9-11-19(23)12-10-17)24-25-22-26(14-20-8-5-13-27-20)21(15-28-22)18-6-3-2-4-7-18/h2-13,15H,14H2,1H3. The van der Waals surface area contributed by atoms with E-state index in [2.05, 4.69) is 32.3 Å². The predicted molar refractivity (Wildman–Crippen MR) is 110 cm³/mol. The molecule has 0 spiro atoms. The first-order valence-electron chi connectivity index (χ1n) is 8.81. The van der Waals surface area contributed by atoms with Crippen molar-refractivity contribution in [2.75, 3.05) is 0 Å². The Morgan fingerprint density at radius 1 is 1.04 bits per heavy atom. The monoisotopic (exact) mass is 391 g/mol. The van der Waals surface area contributed by atoms with Gasteiger partial charge >= 0.3 is 0 Å². The minimum atomic E-state index is -0.268. The van der Waals surface area contributed by atoms with Gasteiger partial charge in [-0.25, -0.2) is 4.39 Å². The molecule has 0 unspecified atom stereocenters. The zero-order chi connectivity index (χ0) is 19.3. The van der Waals surface area contributed by atoms with E-state index in [9.17, 15) is 4.39 Å². The van der Waals surface area contributed by atoms with E-state index in [1.807, 2.05) is 37.3 Å². The van der Waals surface area contributed by atoms with Gasteiger partial charge in [-0.3, -0.25) is 0 Å². The van der Waals surface area contributed by atoms with Gasteiger partial charge in [0.25, 0.3) is 0 Å². The van der Waals surface area contributed by atoms with Crippen LogP contribution in [0.1, 0.15) is 18.2 Å². The van der Waals surface area contributed by atoms with E-state index in [1.54, 1.807) is 18.4 Å². The van der Waals surface area contributed by atoms with Crippen LogP contribution < -0.4 is 4.80 Å². The molecular formula is C22H18FN3OS. The van der Waals surface area contributed by atoms with Crippen LogP contribution in [0.15, 0.2) is 93.0 Å². The van der Waals surface area contributed by atoms with Crippen LogP contribution in [0.5, 0.6) is 0 Å². The third-order valence-corrected chi connectivity index (χ3v) is 5.16. The van der Waals surface area contributed by atoms with E-state index in [1.165, 1.54) is 23.5 Å². The van der Waals surface area contributed by atoms with E-state index in [0.717, 1.165) is 33.1 Å². The molecule has 140 valence electrons. The Labute approximate surface area is 165 Å². The lowest BCUT2D eigenvalue weighted by Gasteiger charge is -2.07.